The zero-order chi connectivity index (χ0) is 36.0. The summed E-state index contributed by atoms with van der Waals surface area (Å²) >= 11 is 0. The molecule has 4 aromatic rings. The van der Waals surface area contributed by atoms with Gasteiger partial charge in [0, 0.05) is 23.9 Å². The van der Waals surface area contributed by atoms with E-state index >= 15 is 0 Å². The average Bonchev–Trinajstić information content (AvgIpc) is 3.16. The number of unbranched alkanes of at least 4 members (excludes halogenated alkanes) is 4. The molecular weight excluding hydrogens is 656 g/mol. The summed E-state index contributed by atoms with van der Waals surface area (Å²) in [4.78, 5) is 4.98. The number of fused-ring (bicyclic) bond motifs is 2. The summed E-state index contributed by atoms with van der Waals surface area (Å²) in [5, 5.41) is 31.2. The third-order valence-corrected chi connectivity index (χ3v) is 10.7. The topological polar surface area (TPSA) is 65.4 Å². The van der Waals surface area contributed by atoms with Crippen molar-refractivity contribution in [3.63, 3.8) is 0 Å². The Morgan fingerprint density at radius 2 is 0.784 bits per heavy atom. The van der Waals surface area contributed by atoms with Crippen molar-refractivity contribution in [1.29, 1.82) is 0 Å². The molecule has 0 fully saturated rings. The fraction of sp³-hybridized carbons (Fsp3) is 0.545. The first-order chi connectivity index (χ1) is 24.3. The quantitative estimate of drug-likeness (QED) is 0.0795. The summed E-state index contributed by atoms with van der Waals surface area (Å²) in [6.07, 6.45) is 9.61. The highest BCUT2D eigenvalue weighted by Crippen LogP contribution is 2.51. The van der Waals surface area contributed by atoms with Crippen LogP contribution in [0.2, 0.25) is 0 Å². The summed E-state index contributed by atoms with van der Waals surface area (Å²) in [5.74, 6) is 1.51. The average molecular weight is 721 g/mol. The maximum absolute atomic E-state index is 13.8. The number of nitrogens with zero attached hydrogens (tertiary/aromatic N) is 2. The molecule has 6 nitrogen and oxygen atoms in total. The van der Waals surface area contributed by atoms with Gasteiger partial charge in [-0.2, -0.15) is 0 Å². The van der Waals surface area contributed by atoms with Crippen LogP contribution in [0.25, 0.3) is 21.5 Å². The molecule has 0 aliphatic carbocycles. The van der Waals surface area contributed by atoms with E-state index in [4.69, 9.17) is 9.47 Å². The lowest BCUT2D eigenvalue weighted by Gasteiger charge is -2.47. The number of aliphatic hydroxyl groups is 2. The zero-order valence-electron chi connectivity index (χ0n) is 32.3. The van der Waals surface area contributed by atoms with E-state index in [1.54, 1.807) is 14.2 Å². The molecule has 0 saturated heterocycles. The molecule has 0 spiro atoms. The second kappa shape index (κ2) is 21.0. The number of hydrogen-bond donors (Lipinski definition) is 2. The molecule has 0 amide bonds. The Morgan fingerprint density at radius 1 is 0.471 bits per heavy atom. The smallest absolute Gasteiger partial charge is 0.126 e. The molecule has 0 aromatic heterocycles. The van der Waals surface area contributed by atoms with Crippen molar-refractivity contribution in [1.82, 2.24) is 9.80 Å². The van der Waals surface area contributed by atoms with E-state index in [-0.39, 0.29) is 12.4 Å². The lowest BCUT2D eigenvalue weighted by molar-refractivity contribution is -0.176. The van der Waals surface area contributed by atoms with E-state index in [1.807, 2.05) is 60.7 Å². The van der Waals surface area contributed by atoms with Crippen LogP contribution in [0.3, 0.4) is 0 Å². The highest BCUT2D eigenvalue weighted by atomic mass is 35.5. The van der Waals surface area contributed by atoms with Crippen molar-refractivity contribution < 1.29 is 19.7 Å². The molecule has 2 N–H and O–H groups in total. The molecule has 282 valence electrons. The van der Waals surface area contributed by atoms with Gasteiger partial charge >= 0.3 is 0 Å². The lowest BCUT2D eigenvalue weighted by atomic mass is 9.67. The summed E-state index contributed by atoms with van der Waals surface area (Å²) < 4.78 is 11.6. The molecule has 2 unspecified atom stereocenters. The molecule has 0 radical (unpaired) electrons. The van der Waals surface area contributed by atoms with Crippen LogP contribution >= 0.6 is 12.4 Å². The number of hydrogen-bond acceptors (Lipinski definition) is 6. The van der Waals surface area contributed by atoms with Crippen molar-refractivity contribution in [2.24, 2.45) is 0 Å². The Morgan fingerprint density at radius 3 is 1.08 bits per heavy atom. The Balaban J connectivity index is 0.00000702. The Labute approximate surface area is 314 Å². The molecule has 51 heavy (non-hydrogen) atoms. The van der Waals surface area contributed by atoms with E-state index in [0.717, 1.165) is 122 Å². The van der Waals surface area contributed by atoms with Gasteiger partial charge in [-0.05, 0) is 98.7 Å². The van der Waals surface area contributed by atoms with Gasteiger partial charge in [-0.3, -0.25) is 0 Å². The van der Waals surface area contributed by atoms with E-state index < -0.39 is 11.2 Å². The second-order valence-electron chi connectivity index (χ2n) is 14.0. The summed E-state index contributed by atoms with van der Waals surface area (Å²) in [6, 6.07) is 24.2. The normalized spacial score (nSPS) is 14.1. The molecule has 0 heterocycles. The van der Waals surface area contributed by atoms with Crippen LogP contribution in [0, 0.1) is 0 Å². The summed E-state index contributed by atoms with van der Waals surface area (Å²) in [5.41, 5.74) is -1.82. The van der Waals surface area contributed by atoms with Gasteiger partial charge in [-0.25, -0.2) is 0 Å². The van der Waals surface area contributed by atoms with Gasteiger partial charge in [0.1, 0.15) is 22.7 Å². The fourth-order valence-electron chi connectivity index (χ4n) is 7.59. The van der Waals surface area contributed by atoms with Gasteiger partial charge in [-0.1, -0.05) is 114 Å². The first kappa shape index (κ1) is 42.5. The van der Waals surface area contributed by atoms with E-state index in [1.165, 1.54) is 0 Å². The van der Waals surface area contributed by atoms with Gasteiger partial charge in [-0.15, -0.1) is 12.4 Å². The second-order valence-corrected chi connectivity index (χ2v) is 14.0. The van der Waals surface area contributed by atoms with Crippen molar-refractivity contribution in [3.8, 4) is 11.5 Å². The highest BCUT2D eigenvalue weighted by molar-refractivity contribution is 5.94. The van der Waals surface area contributed by atoms with Crippen LogP contribution in [0.1, 0.15) is 103 Å². The van der Waals surface area contributed by atoms with Gasteiger partial charge in [0.25, 0.3) is 0 Å². The first-order valence-electron chi connectivity index (χ1n) is 19.3. The Bertz CT molecular complexity index is 1480. The zero-order valence-corrected chi connectivity index (χ0v) is 33.1. The fourth-order valence-corrected chi connectivity index (χ4v) is 7.59. The van der Waals surface area contributed by atoms with Crippen molar-refractivity contribution in [2.45, 2.75) is 103 Å². The third kappa shape index (κ3) is 9.97. The molecule has 4 rings (SSSR count). The standard InChI is InChI=1S/C44H64N2O4.ClH/c1-7-11-29-45(30-12-8-2)33-27-43(47,39-23-25-41(49-5)37-21-17-15-19-35(37)39)44(48,28-34-46(31-13-9-3)32-14-10-4)40-24-26-42(50-6)38-22-18-16-20-36(38)40;/h15-26,47-48H,7-14,27-34H2,1-6H3;1H. The molecule has 0 bridgehead atoms. The maximum atomic E-state index is 13.8. The molecule has 0 saturated carbocycles. The molecule has 7 heteroatoms. The molecule has 2 atom stereocenters. The van der Waals surface area contributed by atoms with Crippen LogP contribution in [0.15, 0.2) is 72.8 Å². The Kier molecular flexibility index (Phi) is 17.5. The number of benzene rings is 4. The number of halogens is 1. The third-order valence-electron chi connectivity index (χ3n) is 10.7. The van der Waals surface area contributed by atoms with E-state index in [9.17, 15) is 10.2 Å². The molecular formula is C44H65ClN2O4. The van der Waals surface area contributed by atoms with Gasteiger partial charge < -0.3 is 29.5 Å². The SMILES string of the molecule is CCCCN(CCCC)CCC(O)(c1ccc(OC)c2ccccc12)C(O)(CCN(CCCC)CCCC)c1ccc(OC)c2ccccc12.Cl. The maximum Gasteiger partial charge on any atom is 0.126 e. The molecule has 0 aliphatic heterocycles. The van der Waals surface area contributed by atoms with Gasteiger partial charge in [0.15, 0.2) is 0 Å². The van der Waals surface area contributed by atoms with Crippen molar-refractivity contribution in [2.75, 3.05) is 53.5 Å². The van der Waals surface area contributed by atoms with Gasteiger partial charge in [0.2, 0.25) is 0 Å². The largest absolute Gasteiger partial charge is 0.496 e. The number of methoxy groups -OCH3 is 2. The summed E-state index contributed by atoms with van der Waals surface area (Å²) in [6.45, 7) is 14.2. The predicted molar refractivity (Wildman–Crippen MR) is 218 cm³/mol. The van der Waals surface area contributed by atoms with E-state index in [0.29, 0.717) is 25.9 Å². The van der Waals surface area contributed by atoms with Crippen molar-refractivity contribution in [3.05, 3.63) is 83.9 Å². The van der Waals surface area contributed by atoms with Crippen molar-refractivity contribution >= 4 is 34.0 Å². The minimum absolute atomic E-state index is 0. The minimum atomic E-state index is -1.64. The summed E-state index contributed by atoms with van der Waals surface area (Å²) in [7, 11) is 3.38. The number of ether oxygens (including phenoxy) is 2. The highest BCUT2D eigenvalue weighted by Gasteiger charge is 2.53. The Hall–Kier alpha value is -2.87. The first-order valence-corrected chi connectivity index (χ1v) is 19.3. The number of rotatable bonds is 23. The van der Waals surface area contributed by atoms with Crippen LogP contribution in [0.5, 0.6) is 11.5 Å². The molecule has 0 aliphatic rings. The monoisotopic (exact) mass is 720 g/mol. The van der Waals surface area contributed by atoms with Gasteiger partial charge in [0.05, 0.1) is 14.2 Å². The molecule has 4 aromatic carbocycles. The lowest BCUT2D eigenvalue weighted by Crippen LogP contribution is -2.53. The predicted octanol–water partition coefficient (Wildman–Crippen LogP) is 10.1. The minimum Gasteiger partial charge on any atom is -0.496 e. The van der Waals surface area contributed by atoms with Crippen LogP contribution in [-0.2, 0) is 11.2 Å². The van der Waals surface area contributed by atoms with Crippen LogP contribution in [0.4, 0.5) is 0 Å². The van der Waals surface area contributed by atoms with Crippen LogP contribution < -0.4 is 9.47 Å². The van der Waals surface area contributed by atoms with Crippen LogP contribution in [-0.4, -0.2) is 73.5 Å². The van der Waals surface area contributed by atoms with E-state index in [2.05, 4.69) is 49.6 Å².